The maximum Gasteiger partial charge on any atom is 0.356 e. The quantitative estimate of drug-likeness (QED) is 0.0455. The minimum absolute atomic E-state index is 0.181. The molecule has 0 spiro atoms. The van der Waals surface area contributed by atoms with Crippen molar-refractivity contribution < 1.29 is 28.3 Å². The molecule has 0 saturated carbocycles. The number of hydrogen-bond acceptors (Lipinski definition) is 10. The lowest BCUT2D eigenvalue weighted by atomic mass is 9.68. The van der Waals surface area contributed by atoms with E-state index in [0.29, 0.717) is 29.2 Å². The maximum absolute atomic E-state index is 13.3. The largest absolute Gasteiger partial charge is 0.394 e. The minimum atomic E-state index is -3.47. The average molecular weight is 674 g/mol. The van der Waals surface area contributed by atoms with Gasteiger partial charge in [0.2, 0.25) is 0 Å². The van der Waals surface area contributed by atoms with Crippen molar-refractivity contribution in [2.24, 2.45) is 0 Å². The second-order valence-electron chi connectivity index (χ2n) is 12.0. The lowest BCUT2D eigenvalue weighted by molar-refractivity contribution is 0.0897. The number of hydrogen-bond donors (Lipinski definition) is 2. The van der Waals surface area contributed by atoms with E-state index in [1.165, 1.54) is 7.11 Å². The number of fused-ring (bicyclic) bond motifs is 1. The summed E-state index contributed by atoms with van der Waals surface area (Å²) < 4.78 is 32.1. The highest BCUT2D eigenvalue weighted by molar-refractivity contribution is 7.53. The second kappa shape index (κ2) is 16.0. The molecule has 0 saturated heterocycles. The van der Waals surface area contributed by atoms with Gasteiger partial charge in [0.15, 0.2) is 22.8 Å². The third-order valence-electron chi connectivity index (χ3n) is 7.77. The van der Waals surface area contributed by atoms with Crippen LogP contribution in [0.5, 0.6) is 0 Å². The number of aliphatic hydroxyl groups excluding tert-OH is 1. The van der Waals surface area contributed by atoms with Crippen molar-refractivity contribution >= 4 is 24.6 Å². The molecule has 2 N–H and O–H groups in total. The molecule has 11 nitrogen and oxygen atoms in total. The molecule has 5 aromatic rings. The summed E-state index contributed by atoms with van der Waals surface area (Å²) in [5, 5.41) is 10.6. The minimum Gasteiger partial charge on any atom is -0.394 e. The van der Waals surface area contributed by atoms with Crippen LogP contribution < -0.4 is 5.48 Å². The van der Waals surface area contributed by atoms with Gasteiger partial charge in [-0.1, -0.05) is 91.0 Å². The van der Waals surface area contributed by atoms with E-state index in [4.69, 9.17) is 28.6 Å². The predicted octanol–water partition coefficient (Wildman–Crippen LogP) is 7.12. The van der Waals surface area contributed by atoms with Crippen molar-refractivity contribution in [1.29, 1.82) is 0 Å². The molecule has 0 aliphatic heterocycles. The monoisotopic (exact) mass is 673 g/mol. The Balaban J connectivity index is 1.60. The lowest BCUT2D eigenvalue weighted by Crippen LogP contribution is -2.33. The molecule has 48 heavy (non-hydrogen) atoms. The zero-order chi connectivity index (χ0) is 34.1. The number of nitrogens with one attached hydrogen (secondary N) is 1. The van der Waals surface area contributed by atoms with Crippen molar-refractivity contribution in [3.63, 3.8) is 0 Å². The van der Waals surface area contributed by atoms with E-state index in [-0.39, 0.29) is 31.8 Å². The normalized spacial score (nSPS) is 13.0. The summed E-state index contributed by atoms with van der Waals surface area (Å²) in [6.07, 6.45) is 1.22. The third kappa shape index (κ3) is 7.68. The smallest absolute Gasteiger partial charge is 0.356 e. The van der Waals surface area contributed by atoms with Gasteiger partial charge in [-0.3, -0.25) is 9.40 Å². The van der Waals surface area contributed by atoms with E-state index in [1.54, 1.807) is 34.0 Å². The van der Waals surface area contributed by atoms with Gasteiger partial charge in [-0.2, -0.15) is 0 Å². The fourth-order valence-corrected chi connectivity index (χ4v) is 7.72. The first-order chi connectivity index (χ1) is 23.2. The molecule has 0 aliphatic carbocycles. The van der Waals surface area contributed by atoms with Gasteiger partial charge in [0.05, 0.1) is 38.3 Å². The van der Waals surface area contributed by atoms with Crippen LogP contribution in [0.15, 0.2) is 97.3 Å². The molecule has 3 aromatic carbocycles. The van der Waals surface area contributed by atoms with Gasteiger partial charge in [0.1, 0.15) is 11.8 Å². The number of nitrogens with zero attached hydrogens (tertiary/aromatic N) is 4. The number of rotatable bonds is 17. The van der Waals surface area contributed by atoms with Gasteiger partial charge in [-0.05, 0) is 50.8 Å². The Morgan fingerprint density at radius 1 is 0.833 bits per heavy atom. The molecule has 5 rings (SSSR count). The third-order valence-corrected chi connectivity index (χ3v) is 9.75. The molecule has 254 valence electrons. The van der Waals surface area contributed by atoms with Crippen LogP contribution in [-0.4, -0.2) is 63.5 Å². The highest BCUT2D eigenvalue weighted by Gasteiger charge is 2.42. The number of anilines is 1. The molecule has 12 heteroatoms. The van der Waals surface area contributed by atoms with Crippen LogP contribution in [0, 0.1) is 0 Å². The molecule has 0 fully saturated rings. The van der Waals surface area contributed by atoms with Gasteiger partial charge in [0.25, 0.3) is 0 Å². The number of aromatic nitrogens is 4. The van der Waals surface area contributed by atoms with E-state index in [1.807, 2.05) is 59.2 Å². The van der Waals surface area contributed by atoms with Gasteiger partial charge >= 0.3 is 7.60 Å². The van der Waals surface area contributed by atoms with Crippen LogP contribution in [0.25, 0.3) is 11.2 Å². The average Bonchev–Trinajstić information content (AvgIpc) is 3.50. The summed E-state index contributed by atoms with van der Waals surface area (Å²) in [5.41, 5.74) is 5.88. The summed E-state index contributed by atoms with van der Waals surface area (Å²) in [5.74, 6) is 0.874. The van der Waals surface area contributed by atoms with Crippen molar-refractivity contribution in [1.82, 2.24) is 19.5 Å². The summed E-state index contributed by atoms with van der Waals surface area (Å²) in [4.78, 5) is 20.3. The first-order valence-electron chi connectivity index (χ1n) is 16.1. The molecule has 0 aliphatic rings. The second-order valence-corrected chi connectivity index (χ2v) is 13.9. The molecule has 1 atom stereocenters. The first-order valence-corrected chi connectivity index (χ1v) is 17.8. The Morgan fingerprint density at radius 3 is 1.81 bits per heavy atom. The van der Waals surface area contributed by atoms with E-state index in [0.717, 1.165) is 16.7 Å². The molecule has 1 unspecified atom stereocenters. The zero-order valence-electron chi connectivity index (χ0n) is 28.0. The van der Waals surface area contributed by atoms with E-state index in [2.05, 4.69) is 46.9 Å². The van der Waals surface area contributed by atoms with Crippen molar-refractivity contribution in [2.45, 2.75) is 57.8 Å². The Morgan fingerprint density at radius 2 is 1.35 bits per heavy atom. The van der Waals surface area contributed by atoms with Crippen molar-refractivity contribution in [3.8, 4) is 0 Å². The van der Waals surface area contributed by atoms with Gasteiger partial charge < -0.3 is 23.5 Å². The number of ether oxygens (including phenoxy) is 1. The van der Waals surface area contributed by atoms with Crippen LogP contribution in [0.4, 0.5) is 5.82 Å². The van der Waals surface area contributed by atoms with Gasteiger partial charge in [-0.25, -0.2) is 20.4 Å². The first kappa shape index (κ1) is 35.3. The van der Waals surface area contributed by atoms with Gasteiger partial charge in [-0.15, -0.1) is 0 Å². The van der Waals surface area contributed by atoms with Crippen molar-refractivity contribution in [2.75, 3.05) is 32.2 Å². The number of aliphatic hydroxyl groups is 1. The SMILES string of the molecule is CONc1nc(C(c2ccccc2)(c2ccccc2)c2ccccc2)nc2c1ncn2C(CO)CCOCP(=O)(OC(C)C)OC(C)C. The fraction of sp³-hybridized carbons (Fsp3) is 0.361. The highest BCUT2D eigenvalue weighted by atomic mass is 31.2. The van der Waals surface area contributed by atoms with Gasteiger partial charge in [0, 0.05) is 6.61 Å². The summed E-state index contributed by atoms with van der Waals surface area (Å²) >= 11 is 0. The van der Waals surface area contributed by atoms with E-state index < -0.39 is 19.1 Å². The highest BCUT2D eigenvalue weighted by Crippen LogP contribution is 2.50. The lowest BCUT2D eigenvalue weighted by Gasteiger charge is -2.34. The predicted molar refractivity (Wildman–Crippen MR) is 186 cm³/mol. The standard InChI is InChI=1S/C36H44N5O6P/c1-26(2)46-48(43,47-27(3)4)25-45-22-21-31(23-42)41-24-37-32-33(40-44-5)38-35(39-34(32)41)36(28-15-9-6-10-16-28,29-17-11-7-12-18-29)30-19-13-8-14-20-30/h6-20,24,26-27,31,42H,21-23,25H2,1-5H3,(H,38,39,40). The summed E-state index contributed by atoms with van der Waals surface area (Å²) in [6, 6.07) is 30.0. The summed E-state index contributed by atoms with van der Waals surface area (Å²) in [7, 11) is -1.96. The molecule has 0 amide bonds. The van der Waals surface area contributed by atoms with Crippen LogP contribution in [0.3, 0.4) is 0 Å². The fourth-order valence-electron chi connectivity index (χ4n) is 5.91. The molecule has 0 bridgehead atoms. The Labute approximate surface area is 281 Å². The molecule has 0 radical (unpaired) electrons. The van der Waals surface area contributed by atoms with Crippen LogP contribution in [0.2, 0.25) is 0 Å². The molecular weight excluding hydrogens is 629 g/mol. The Kier molecular flexibility index (Phi) is 11.8. The van der Waals surface area contributed by atoms with Crippen LogP contribution in [0.1, 0.15) is 62.7 Å². The zero-order valence-corrected chi connectivity index (χ0v) is 28.9. The van der Waals surface area contributed by atoms with Crippen LogP contribution in [-0.2, 0) is 28.6 Å². The van der Waals surface area contributed by atoms with Crippen molar-refractivity contribution in [3.05, 3.63) is 120 Å². The van der Waals surface area contributed by atoms with Crippen LogP contribution >= 0.6 is 7.60 Å². The van der Waals surface area contributed by atoms with E-state index in [9.17, 15) is 9.67 Å². The topological polar surface area (TPSA) is 130 Å². The summed E-state index contributed by atoms with van der Waals surface area (Å²) in [6.45, 7) is 7.16. The molecule has 2 aromatic heterocycles. The maximum atomic E-state index is 13.3. The van der Waals surface area contributed by atoms with E-state index >= 15 is 0 Å². The Hall–Kier alpha value is -3.96. The molecular formula is C36H44N5O6P. The number of benzene rings is 3. The number of imidazole rings is 1. The molecule has 2 heterocycles. The Bertz CT molecular complexity index is 1680.